The molecule has 1 aliphatic heterocycles. The topological polar surface area (TPSA) is 122 Å². The molecule has 8 nitrogen and oxygen atoms in total. The average molecular weight is 415 g/mol. The van der Waals surface area contributed by atoms with Crippen LogP contribution in [0.3, 0.4) is 0 Å². The van der Waals surface area contributed by atoms with E-state index in [1.807, 2.05) is 0 Å². The maximum absolute atomic E-state index is 13.1. The second-order valence-corrected chi connectivity index (χ2v) is 9.04. The van der Waals surface area contributed by atoms with Gasteiger partial charge in [0.25, 0.3) is 10.0 Å². The van der Waals surface area contributed by atoms with E-state index in [-0.39, 0.29) is 16.3 Å². The number of nitrogens with one attached hydrogen (secondary N) is 2. The third-order valence-corrected chi connectivity index (χ3v) is 6.42. The lowest BCUT2D eigenvalue weighted by Gasteiger charge is -2.13. The molecule has 0 radical (unpaired) electrons. The smallest absolute Gasteiger partial charge is 0.285 e. The van der Waals surface area contributed by atoms with Crippen LogP contribution in [0, 0.1) is 11.6 Å². The predicted octanol–water partition coefficient (Wildman–Crippen LogP) is 1.52. The zero-order valence-electron chi connectivity index (χ0n) is 13.3. The lowest BCUT2D eigenvalue weighted by molar-refractivity contribution is -0.113. The van der Waals surface area contributed by atoms with Gasteiger partial charge in [0, 0.05) is 11.8 Å². The van der Waals surface area contributed by atoms with Gasteiger partial charge in [0.2, 0.25) is 5.91 Å². The van der Waals surface area contributed by atoms with Gasteiger partial charge in [-0.2, -0.15) is 8.42 Å². The van der Waals surface area contributed by atoms with Crippen LogP contribution in [0.5, 0.6) is 0 Å². The van der Waals surface area contributed by atoms with E-state index in [4.69, 9.17) is 0 Å². The highest BCUT2D eigenvalue weighted by molar-refractivity contribution is 7.92. The monoisotopic (exact) mass is 415 g/mol. The highest BCUT2D eigenvalue weighted by atomic mass is 32.2. The number of hydrogen-bond acceptors (Lipinski definition) is 6. The molecule has 27 heavy (non-hydrogen) atoms. The van der Waals surface area contributed by atoms with E-state index in [1.165, 1.54) is 6.07 Å². The van der Waals surface area contributed by atoms with Crippen LogP contribution in [0.25, 0.3) is 0 Å². The van der Waals surface area contributed by atoms with Gasteiger partial charge < -0.3 is 10.6 Å². The number of amides is 1. The molecule has 2 aromatic carbocycles. The Morgan fingerprint density at radius 2 is 1.85 bits per heavy atom. The summed E-state index contributed by atoms with van der Waals surface area (Å²) in [5.41, 5.74) is 0.0239. The Kier molecular flexibility index (Phi) is 4.70. The van der Waals surface area contributed by atoms with Crippen LogP contribution in [0.1, 0.15) is 0 Å². The van der Waals surface area contributed by atoms with Crippen LogP contribution in [0.2, 0.25) is 0 Å². The van der Waals surface area contributed by atoms with Crippen LogP contribution in [0.4, 0.5) is 20.2 Å². The standard InChI is InChI=1S/C15H11F2N3O5S2/c16-11-3-1-9(5-12(11)17)20-15(21)7-26(22,23)10-2-4-13-14(6-10)27(24,25)19-8-18-13/h1-6,8H,7H2,(H,18,19)(H,20,21). The number of carbonyl (C=O) groups is 1. The first-order valence-electron chi connectivity index (χ1n) is 7.25. The summed E-state index contributed by atoms with van der Waals surface area (Å²) in [7, 11) is -8.25. The number of rotatable bonds is 4. The van der Waals surface area contributed by atoms with Gasteiger partial charge in [0.05, 0.1) is 10.6 Å². The molecular formula is C15H11F2N3O5S2. The SMILES string of the molecule is O=C(CS(=O)(=O)c1ccc2c(c1)S(=O)(=O)N=CN2)Nc1ccc(F)c(F)c1. The van der Waals surface area contributed by atoms with Crippen molar-refractivity contribution in [1.82, 2.24) is 0 Å². The fraction of sp³-hybridized carbons (Fsp3) is 0.0667. The predicted molar refractivity (Wildman–Crippen MR) is 92.8 cm³/mol. The van der Waals surface area contributed by atoms with Crippen molar-refractivity contribution < 1.29 is 30.4 Å². The van der Waals surface area contributed by atoms with Gasteiger partial charge >= 0.3 is 0 Å². The first-order valence-corrected chi connectivity index (χ1v) is 10.3. The quantitative estimate of drug-likeness (QED) is 0.781. The summed E-state index contributed by atoms with van der Waals surface area (Å²) in [4.78, 5) is 11.2. The van der Waals surface area contributed by atoms with Gasteiger partial charge in [-0.3, -0.25) is 4.79 Å². The van der Waals surface area contributed by atoms with Crippen LogP contribution < -0.4 is 10.6 Å². The Balaban J connectivity index is 1.83. The number of sulfonamides is 1. The highest BCUT2D eigenvalue weighted by Gasteiger charge is 2.26. The van der Waals surface area contributed by atoms with Crippen molar-refractivity contribution in [2.45, 2.75) is 9.79 Å². The molecule has 0 aromatic heterocycles. The van der Waals surface area contributed by atoms with Crippen LogP contribution >= 0.6 is 0 Å². The summed E-state index contributed by atoms with van der Waals surface area (Å²) in [6, 6.07) is 5.82. The molecule has 3 rings (SSSR count). The van der Waals surface area contributed by atoms with Crippen LogP contribution in [0.15, 0.2) is 50.6 Å². The largest absolute Gasteiger partial charge is 0.345 e. The number of anilines is 2. The molecule has 0 unspecified atom stereocenters. The number of carbonyl (C=O) groups excluding carboxylic acids is 1. The first kappa shape index (κ1) is 18.9. The van der Waals surface area contributed by atoms with Gasteiger partial charge in [-0.25, -0.2) is 17.2 Å². The van der Waals surface area contributed by atoms with E-state index in [1.54, 1.807) is 0 Å². The summed E-state index contributed by atoms with van der Waals surface area (Å²) in [6.07, 6.45) is 0.959. The molecule has 2 N–H and O–H groups in total. The summed E-state index contributed by atoms with van der Waals surface area (Å²) in [5, 5.41) is 4.70. The van der Waals surface area contributed by atoms with E-state index in [9.17, 15) is 30.4 Å². The normalized spacial score (nSPS) is 14.9. The van der Waals surface area contributed by atoms with Gasteiger partial charge in [-0.15, -0.1) is 4.40 Å². The fourth-order valence-electron chi connectivity index (χ4n) is 2.28. The van der Waals surface area contributed by atoms with Crippen LogP contribution in [-0.4, -0.2) is 34.8 Å². The number of nitrogens with zero attached hydrogens (tertiary/aromatic N) is 1. The number of sulfone groups is 1. The van der Waals surface area contributed by atoms with Crippen molar-refractivity contribution >= 4 is 43.5 Å². The summed E-state index contributed by atoms with van der Waals surface area (Å²) in [6.45, 7) is 0. The molecule has 0 saturated carbocycles. The van der Waals surface area contributed by atoms with Crippen molar-refractivity contribution in [1.29, 1.82) is 0 Å². The zero-order chi connectivity index (χ0) is 19.8. The molecule has 0 saturated heterocycles. The Hall–Kier alpha value is -2.86. The van der Waals surface area contributed by atoms with Crippen molar-refractivity contribution in [3.8, 4) is 0 Å². The molecule has 0 fully saturated rings. The maximum Gasteiger partial charge on any atom is 0.285 e. The fourth-order valence-corrected chi connectivity index (χ4v) is 4.49. The van der Waals surface area contributed by atoms with Crippen molar-refractivity contribution in [3.05, 3.63) is 48.0 Å². The Morgan fingerprint density at radius 3 is 2.56 bits per heavy atom. The lowest BCUT2D eigenvalue weighted by Crippen LogP contribution is -2.23. The molecule has 142 valence electrons. The van der Waals surface area contributed by atoms with E-state index in [2.05, 4.69) is 15.0 Å². The molecule has 0 bridgehead atoms. The molecule has 12 heteroatoms. The molecule has 0 spiro atoms. The third-order valence-electron chi connectivity index (χ3n) is 3.53. The summed E-state index contributed by atoms with van der Waals surface area (Å²) >= 11 is 0. The van der Waals surface area contributed by atoms with E-state index in [0.717, 1.165) is 30.6 Å². The molecule has 0 aliphatic carbocycles. The molecule has 0 atom stereocenters. The Bertz CT molecular complexity index is 1180. The van der Waals surface area contributed by atoms with E-state index < -0.39 is 48.1 Å². The minimum absolute atomic E-state index is 0.124. The van der Waals surface area contributed by atoms with Crippen molar-refractivity contribution in [2.24, 2.45) is 4.40 Å². The highest BCUT2D eigenvalue weighted by Crippen LogP contribution is 2.28. The lowest BCUT2D eigenvalue weighted by atomic mass is 10.3. The van der Waals surface area contributed by atoms with E-state index in [0.29, 0.717) is 6.07 Å². The molecule has 2 aromatic rings. The Labute approximate surface area is 152 Å². The van der Waals surface area contributed by atoms with Crippen molar-refractivity contribution in [2.75, 3.05) is 16.4 Å². The van der Waals surface area contributed by atoms with Gasteiger partial charge in [-0.1, -0.05) is 0 Å². The third kappa shape index (κ3) is 3.95. The van der Waals surface area contributed by atoms with E-state index >= 15 is 0 Å². The summed E-state index contributed by atoms with van der Waals surface area (Å²) < 4.78 is 77.9. The summed E-state index contributed by atoms with van der Waals surface area (Å²) in [5.74, 6) is -4.35. The number of benzene rings is 2. The van der Waals surface area contributed by atoms with Gasteiger partial charge in [0.15, 0.2) is 21.5 Å². The molecular weight excluding hydrogens is 404 g/mol. The minimum atomic E-state index is -4.21. The van der Waals surface area contributed by atoms with Crippen molar-refractivity contribution in [3.63, 3.8) is 0 Å². The zero-order valence-corrected chi connectivity index (χ0v) is 14.9. The minimum Gasteiger partial charge on any atom is -0.345 e. The Morgan fingerprint density at radius 1 is 1.11 bits per heavy atom. The molecule has 1 aliphatic rings. The second kappa shape index (κ2) is 6.70. The number of halogens is 2. The van der Waals surface area contributed by atoms with Crippen LogP contribution in [-0.2, 0) is 24.7 Å². The molecule has 1 amide bonds. The average Bonchev–Trinajstić information content (AvgIpc) is 2.57. The van der Waals surface area contributed by atoms with Gasteiger partial charge in [0.1, 0.15) is 17.0 Å². The number of fused-ring (bicyclic) bond motifs is 1. The second-order valence-electron chi connectivity index (χ2n) is 5.45. The molecule has 1 heterocycles. The first-order chi connectivity index (χ1) is 12.6. The maximum atomic E-state index is 13.1. The number of hydrogen-bond donors (Lipinski definition) is 2. The van der Waals surface area contributed by atoms with Gasteiger partial charge in [-0.05, 0) is 30.3 Å².